The average Bonchev–Trinajstić information content (AvgIpc) is 2.67. The molecule has 0 fully saturated rings. The third-order valence-corrected chi connectivity index (χ3v) is 4.07. The minimum absolute atomic E-state index is 0.0201. The van der Waals surface area contributed by atoms with Crippen molar-refractivity contribution >= 4 is 23.4 Å². The van der Waals surface area contributed by atoms with Crippen molar-refractivity contribution in [1.82, 2.24) is 0 Å². The molecule has 0 aliphatic rings. The first kappa shape index (κ1) is 22.3. The van der Waals surface area contributed by atoms with E-state index in [2.05, 4.69) is 17.6 Å². The number of benzene rings is 2. The molecule has 2 N–H and O–H groups in total. The summed E-state index contributed by atoms with van der Waals surface area (Å²) in [6, 6.07) is 9.78. The van der Waals surface area contributed by atoms with E-state index in [0.29, 0.717) is 0 Å². The number of hydrogen-bond donors (Lipinski definition) is 2. The molecule has 0 bridgehead atoms. The van der Waals surface area contributed by atoms with Gasteiger partial charge in [-0.3, -0.25) is 0 Å². The number of ether oxygens (including phenoxy) is 1. The fraction of sp³-hybridized carbons (Fsp3) is 0.333. The van der Waals surface area contributed by atoms with Gasteiger partial charge in [0.2, 0.25) is 0 Å². The molecular formula is C21H23F3N2O3. The van der Waals surface area contributed by atoms with Crippen LogP contribution < -0.4 is 10.6 Å². The summed E-state index contributed by atoms with van der Waals surface area (Å²) < 4.78 is 43.6. The minimum atomic E-state index is -4.51. The second-order valence-electron chi connectivity index (χ2n) is 6.40. The van der Waals surface area contributed by atoms with Crippen LogP contribution in [0.3, 0.4) is 0 Å². The largest absolute Gasteiger partial charge is 0.462 e. The maximum absolute atomic E-state index is 12.8. The summed E-state index contributed by atoms with van der Waals surface area (Å²) in [5.41, 5.74) is -0.520. The van der Waals surface area contributed by atoms with Gasteiger partial charge in [-0.1, -0.05) is 44.4 Å². The van der Waals surface area contributed by atoms with E-state index in [1.54, 1.807) is 12.1 Å². The highest BCUT2D eigenvalue weighted by Gasteiger charge is 2.30. The van der Waals surface area contributed by atoms with E-state index in [-0.39, 0.29) is 23.5 Å². The molecule has 0 aliphatic heterocycles. The zero-order valence-corrected chi connectivity index (χ0v) is 16.0. The van der Waals surface area contributed by atoms with Crippen molar-refractivity contribution in [3.8, 4) is 0 Å². The molecule has 0 saturated carbocycles. The number of anilines is 2. The number of esters is 1. The molecule has 0 spiro atoms. The SMILES string of the molecule is CCCCCCOC(=O)c1ccccc1NC(=O)Nc1cccc(C(F)(F)F)c1. The smallest absolute Gasteiger partial charge is 0.416 e. The van der Waals surface area contributed by atoms with Gasteiger partial charge in [0.1, 0.15) is 0 Å². The predicted octanol–water partition coefficient (Wildman–Crippen LogP) is 6.09. The standard InChI is InChI=1S/C21H23F3N2O3/c1-2-3-4-7-13-29-19(27)17-11-5-6-12-18(17)26-20(28)25-16-10-8-9-15(14-16)21(22,23)24/h5-6,8-12,14H,2-4,7,13H2,1H3,(H2,25,26,28). The number of unbranched alkanes of at least 4 members (excludes halogenated alkanes) is 3. The molecule has 2 aromatic rings. The van der Waals surface area contributed by atoms with Crippen LogP contribution in [-0.2, 0) is 10.9 Å². The number of hydrogen-bond acceptors (Lipinski definition) is 3. The van der Waals surface area contributed by atoms with Gasteiger partial charge < -0.3 is 15.4 Å². The number of urea groups is 1. The highest BCUT2D eigenvalue weighted by atomic mass is 19.4. The maximum atomic E-state index is 12.8. The molecule has 5 nitrogen and oxygen atoms in total. The lowest BCUT2D eigenvalue weighted by Gasteiger charge is -2.13. The summed E-state index contributed by atoms with van der Waals surface area (Å²) >= 11 is 0. The Hall–Kier alpha value is -3.03. The van der Waals surface area contributed by atoms with Crippen molar-refractivity contribution in [1.29, 1.82) is 0 Å². The third-order valence-electron chi connectivity index (χ3n) is 4.07. The van der Waals surface area contributed by atoms with Gasteiger partial charge in [-0.05, 0) is 36.8 Å². The molecule has 156 valence electrons. The lowest BCUT2D eigenvalue weighted by molar-refractivity contribution is -0.137. The van der Waals surface area contributed by atoms with Crippen molar-refractivity contribution < 1.29 is 27.5 Å². The van der Waals surface area contributed by atoms with Gasteiger partial charge in [0.25, 0.3) is 0 Å². The van der Waals surface area contributed by atoms with E-state index in [9.17, 15) is 22.8 Å². The number of carbonyl (C=O) groups is 2. The maximum Gasteiger partial charge on any atom is 0.416 e. The van der Waals surface area contributed by atoms with Gasteiger partial charge >= 0.3 is 18.2 Å². The molecule has 2 aromatic carbocycles. The van der Waals surface area contributed by atoms with Crippen LogP contribution in [0.1, 0.15) is 48.5 Å². The molecule has 0 radical (unpaired) electrons. The Balaban J connectivity index is 2.00. The van der Waals surface area contributed by atoms with Gasteiger partial charge in [0.05, 0.1) is 23.4 Å². The monoisotopic (exact) mass is 408 g/mol. The Kier molecular flexibility index (Phi) is 8.06. The Labute approximate surface area is 167 Å². The lowest BCUT2D eigenvalue weighted by Crippen LogP contribution is -2.21. The molecule has 8 heteroatoms. The van der Waals surface area contributed by atoms with Crippen LogP contribution in [0.5, 0.6) is 0 Å². The van der Waals surface area contributed by atoms with Gasteiger partial charge in [-0.2, -0.15) is 13.2 Å². The first-order chi connectivity index (χ1) is 13.8. The van der Waals surface area contributed by atoms with Crippen molar-refractivity contribution in [3.63, 3.8) is 0 Å². The van der Waals surface area contributed by atoms with Gasteiger partial charge in [-0.25, -0.2) is 9.59 Å². The van der Waals surface area contributed by atoms with Crippen LogP contribution in [0.2, 0.25) is 0 Å². The summed E-state index contributed by atoms with van der Waals surface area (Å²) in [6.07, 6.45) is -0.664. The van der Waals surface area contributed by atoms with E-state index in [0.717, 1.165) is 37.8 Å². The van der Waals surface area contributed by atoms with Crippen LogP contribution in [0.4, 0.5) is 29.3 Å². The van der Waals surface area contributed by atoms with E-state index in [1.807, 2.05) is 0 Å². The number of alkyl halides is 3. The lowest BCUT2D eigenvalue weighted by atomic mass is 10.1. The average molecular weight is 408 g/mol. The fourth-order valence-electron chi connectivity index (χ4n) is 2.60. The second-order valence-corrected chi connectivity index (χ2v) is 6.40. The second kappa shape index (κ2) is 10.5. The number of nitrogens with one attached hydrogen (secondary N) is 2. The molecule has 2 amide bonds. The van der Waals surface area contributed by atoms with Gasteiger partial charge in [0, 0.05) is 5.69 Å². The molecule has 0 unspecified atom stereocenters. The summed E-state index contributed by atoms with van der Waals surface area (Å²) in [5.74, 6) is -0.573. The van der Waals surface area contributed by atoms with Crippen molar-refractivity contribution in [2.75, 3.05) is 17.2 Å². The zero-order chi connectivity index (χ0) is 21.3. The van der Waals surface area contributed by atoms with E-state index in [1.165, 1.54) is 24.3 Å². The summed E-state index contributed by atoms with van der Waals surface area (Å²) in [4.78, 5) is 24.5. The van der Waals surface area contributed by atoms with Crippen LogP contribution in [-0.4, -0.2) is 18.6 Å². The summed E-state index contributed by atoms with van der Waals surface area (Å²) in [7, 11) is 0. The van der Waals surface area contributed by atoms with Crippen LogP contribution in [0.25, 0.3) is 0 Å². The zero-order valence-electron chi connectivity index (χ0n) is 16.0. The molecule has 0 aliphatic carbocycles. The van der Waals surface area contributed by atoms with Crippen molar-refractivity contribution in [3.05, 3.63) is 59.7 Å². The van der Waals surface area contributed by atoms with Crippen molar-refractivity contribution in [2.24, 2.45) is 0 Å². The first-order valence-corrected chi connectivity index (χ1v) is 9.32. The number of rotatable bonds is 8. The van der Waals surface area contributed by atoms with E-state index < -0.39 is 23.7 Å². The van der Waals surface area contributed by atoms with Crippen molar-refractivity contribution in [2.45, 2.75) is 38.8 Å². The Morgan fingerprint density at radius 2 is 1.72 bits per heavy atom. The first-order valence-electron chi connectivity index (χ1n) is 9.32. The molecule has 0 saturated heterocycles. The quantitative estimate of drug-likeness (QED) is 0.410. The molecule has 0 heterocycles. The number of para-hydroxylation sites is 1. The number of amides is 2. The normalized spacial score (nSPS) is 11.0. The predicted molar refractivity (Wildman–Crippen MR) is 105 cm³/mol. The third kappa shape index (κ3) is 7.14. The van der Waals surface area contributed by atoms with E-state index in [4.69, 9.17) is 4.74 Å². The summed E-state index contributed by atoms with van der Waals surface area (Å²) in [6.45, 7) is 2.36. The molecule has 0 atom stereocenters. The molecule has 29 heavy (non-hydrogen) atoms. The van der Waals surface area contributed by atoms with Gasteiger partial charge in [0.15, 0.2) is 0 Å². The highest BCUT2D eigenvalue weighted by molar-refractivity contribution is 6.05. The molecule has 0 aromatic heterocycles. The molecule has 2 rings (SSSR count). The topological polar surface area (TPSA) is 67.4 Å². The fourth-order valence-corrected chi connectivity index (χ4v) is 2.60. The van der Waals surface area contributed by atoms with Crippen LogP contribution >= 0.6 is 0 Å². The Bertz CT molecular complexity index is 838. The Morgan fingerprint density at radius 1 is 0.966 bits per heavy atom. The highest BCUT2D eigenvalue weighted by Crippen LogP contribution is 2.30. The number of halogens is 3. The van der Waals surface area contributed by atoms with Gasteiger partial charge in [-0.15, -0.1) is 0 Å². The number of carbonyl (C=O) groups excluding carboxylic acids is 2. The van der Waals surface area contributed by atoms with E-state index >= 15 is 0 Å². The summed E-state index contributed by atoms with van der Waals surface area (Å²) in [5, 5.41) is 4.81. The van der Waals surface area contributed by atoms with Crippen LogP contribution in [0, 0.1) is 0 Å². The Morgan fingerprint density at radius 3 is 2.45 bits per heavy atom. The van der Waals surface area contributed by atoms with Crippen LogP contribution in [0.15, 0.2) is 48.5 Å². The molecular weight excluding hydrogens is 385 g/mol. The minimum Gasteiger partial charge on any atom is -0.462 e.